The molecule has 13 heteroatoms. The Morgan fingerprint density at radius 3 is 2.16 bits per heavy atom. The van der Waals surface area contributed by atoms with Gasteiger partial charge in [-0.05, 0) is 29.7 Å². The molecule has 0 radical (unpaired) electrons. The third kappa shape index (κ3) is 8.39. The highest BCUT2D eigenvalue weighted by Gasteiger charge is 2.52. The summed E-state index contributed by atoms with van der Waals surface area (Å²) in [5.74, 6) is -2.52. The number of halogens is 3. The second-order valence-electron chi connectivity index (χ2n) is 16.2. The first-order valence-corrected chi connectivity index (χ1v) is 24.1. The van der Waals surface area contributed by atoms with Crippen molar-refractivity contribution in [2.24, 2.45) is 0 Å². The molecule has 4 aromatic rings. The zero-order valence-corrected chi connectivity index (χ0v) is 32.7. The molecule has 8 nitrogen and oxygen atoms in total. The Kier molecular flexibility index (Phi) is 10.8. The van der Waals surface area contributed by atoms with E-state index in [0.717, 1.165) is 23.7 Å². The minimum Gasteiger partial charge on any atom is -0.489 e. The summed E-state index contributed by atoms with van der Waals surface area (Å²) in [5.41, 5.74) is 0.461. The van der Waals surface area contributed by atoms with E-state index in [1.807, 2.05) is 30.3 Å². The first kappa shape index (κ1) is 37.5. The standard InChI is InChI=1S/C38H49F3N2O6Si2/c1-38(2,3)51(7,8)49-32-22-47-36-31(21-46-37(32)36)48-33-19-29-30(43(33)23-44-14-15-50(4,5)6)18-28(41)35(42-29)34-26(39)16-25(17-27(34)40)45-20-24-12-10-9-11-13-24/h9-13,16-19,31-32,36-37H,14-15,20-23H2,1-8H3/t31-,32?,36-,37-/m1/s1. The Hall–Kier alpha value is -3.21. The van der Waals surface area contributed by atoms with Crippen LogP contribution in [0.5, 0.6) is 11.6 Å². The van der Waals surface area contributed by atoms with Crippen LogP contribution >= 0.6 is 0 Å². The van der Waals surface area contributed by atoms with Crippen molar-refractivity contribution >= 4 is 27.4 Å². The van der Waals surface area contributed by atoms with Crippen molar-refractivity contribution in [3.8, 4) is 22.9 Å². The molecule has 2 fully saturated rings. The van der Waals surface area contributed by atoms with Crippen molar-refractivity contribution in [2.45, 2.75) is 102 Å². The van der Waals surface area contributed by atoms with E-state index in [1.165, 1.54) is 6.07 Å². The van der Waals surface area contributed by atoms with E-state index < -0.39 is 51.2 Å². The topological polar surface area (TPSA) is 73.2 Å². The zero-order chi connectivity index (χ0) is 36.7. The summed E-state index contributed by atoms with van der Waals surface area (Å²) in [6, 6.07) is 15.1. The third-order valence-corrected chi connectivity index (χ3v) is 16.2. The van der Waals surface area contributed by atoms with E-state index >= 15 is 13.2 Å². The summed E-state index contributed by atoms with van der Waals surface area (Å²) in [6.45, 7) is 19.2. The van der Waals surface area contributed by atoms with E-state index in [1.54, 1.807) is 10.6 Å². The molecule has 2 saturated heterocycles. The highest BCUT2D eigenvalue weighted by Crippen LogP contribution is 2.41. The second kappa shape index (κ2) is 14.7. The molecular weight excluding hydrogens is 694 g/mol. The van der Waals surface area contributed by atoms with Crippen molar-refractivity contribution in [1.29, 1.82) is 0 Å². The molecule has 51 heavy (non-hydrogen) atoms. The SMILES string of the molecule is CC(C)(C)[Si](C)(C)OC1CO[C@H]2[C@@H]1OC[C@H]2Oc1cc2nc(-c3c(F)cc(OCc4ccccc4)cc3F)c(F)cc2n1COCC[Si](C)(C)C. The van der Waals surface area contributed by atoms with Gasteiger partial charge in [-0.15, -0.1) is 0 Å². The average molecular weight is 743 g/mol. The van der Waals surface area contributed by atoms with E-state index in [4.69, 9.17) is 28.1 Å². The Morgan fingerprint density at radius 2 is 1.51 bits per heavy atom. The van der Waals surface area contributed by atoms with Gasteiger partial charge < -0.3 is 28.1 Å². The van der Waals surface area contributed by atoms with Gasteiger partial charge >= 0.3 is 0 Å². The van der Waals surface area contributed by atoms with Gasteiger partial charge in [-0.1, -0.05) is 70.7 Å². The van der Waals surface area contributed by atoms with Gasteiger partial charge in [0.15, 0.2) is 26.1 Å². The van der Waals surface area contributed by atoms with Crippen LogP contribution in [-0.4, -0.2) is 70.2 Å². The van der Waals surface area contributed by atoms with Crippen LogP contribution in [0.4, 0.5) is 13.2 Å². The maximum Gasteiger partial charge on any atom is 0.198 e. The largest absolute Gasteiger partial charge is 0.489 e. The molecule has 6 rings (SSSR count). The molecule has 2 aromatic heterocycles. The molecule has 0 aliphatic carbocycles. The first-order chi connectivity index (χ1) is 24.0. The van der Waals surface area contributed by atoms with Gasteiger partial charge in [-0.2, -0.15) is 0 Å². The van der Waals surface area contributed by atoms with Gasteiger partial charge in [0, 0.05) is 38.9 Å². The smallest absolute Gasteiger partial charge is 0.198 e. The van der Waals surface area contributed by atoms with Gasteiger partial charge in [0.1, 0.15) is 48.6 Å². The maximum atomic E-state index is 15.8. The Balaban J connectivity index is 1.27. The van der Waals surface area contributed by atoms with Gasteiger partial charge in [0.2, 0.25) is 0 Å². The van der Waals surface area contributed by atoms with Crippen LogP contribution in [0.2, 0.25) is 43.8 Å². The summed E-state index contributed by atoms with van der Waals surface area (Å²) < 4.78 is 85.8. The van der Waals surface area contributed by atoms with Crippen LogP contribution in [0.1, 0.15) is 26.3 Å². The Labute approximate surface area is 300 Å². The van der Waals surface area contributed by atoms with Crippen molar-refractivity contribution in [1.82, 2.24) is 9.55 Å². The molecule has 1 unspecified atom stereocenters. The second-order valence-corrected chi connectivity index (χ2v) is 26.6. The van der Waals surface area contributed by atoms with E-state index in [2.05, 4.69) is 58.5 Å². The van der Waals surface area contributed by atoms with Crippen LogP contribution in [0.25, 0.3) is 22.3 Å². The lowest BCUT2D eigenvalue weighted by molar-refractivity contribution is 0.00859. The number of hydrogen-bond acceptors (Lipinski definition) is 7. The highest BCUT2D eigenvalue weighted by molar-refractivity contribution is 6.76. The van der Waals surface area contributed by atoms with Crippen LogP contribution in [0.15, 0.2) is 54.6 Å². The normalized spacial score (nSPS) is 21.0. The maximum absolute atomic E-state index is 15.8. The molecule has 0 N–H and O–H groups in total. The lowest BCUT2D eigenvalue weighted by atomic mass is 10.1. The summed E-state index contributed by atoms with van der Waals surface area (Å²) >= 11 is 0. The molecule has 276 valence electrons. The van der Waals surface area contributed by atoms with E-state index in [0.29, 0.717) is 30.1 Å². The quantitative estimate of drug-likeness (QED) is 0.100. The fourth-order valence-electron chi connectivity index (χ4n) is 6.01. The highest BCUT2D eigenvalue weighted by atomic mass is 28.4. The van der Waals surface area contributed by atoms with E-state index in [9.17, 15) is 0 Å². The molecular formula is C38H49F3N2O6Si2. The lowest BCUT2D eigenvalue weighted by Crippen LogP contribution is -2.47. The predicted octanol–water partition coefficient (Wildman–Crippen LogP) is 8.95. The number of rotatable bonds is 13. The van der Waals surface area contributed by atoms with Crippen molar-refractivity contribution in [3.05, 3.63) is 77.6 Å². The molecule has 0 bridgehead atoms. The Morgan fingerprint density at radius 1 is 0.863 bits per heavy atom. The molecule has 0 spiro atoms. The van der Waals surface area contributed by atoms with Gasteiger partial charge in [0.25, 0.3) is 0 Å². The molecule has 0 saturated carbocycles. The Bertz CT molecular complexity index is 1820. The molecule has 0 amide bonds. The van der Waals surface area contributed by atoms with Gasteiger partial charge in [-0.3, -0.25) is 4.57 Å². The first-order valence-electron chi connectivity index (χ1n) is 17.5. The van der Waals surface area contributed by atoms with Crippen LogP contribution in [-0.2, 0) is 32.0 Å². The number of nitrogens with zero attached hydrogens (tertiary/aromatic N) is 2. The lowest BCUT2D eigenvalue weighted by Gasteiger charge is -2.39. The number of aromatic nitrogens is 2. The summed E-state index contributed by atoms with van der Waals surface area (Å²) in [7, 11) is -3.46. The molecule has 2 aromatic carbocycles. The third-order valence-electron chi connectivity index (χ3n) is 10.0. The fourth-order valence-corrected chi connectivity index (χ4v) is 8.08. The number of hydrogen-bond donors (Lipinski definition) is 0. The molecule has 4 heterocycles. The van der Waals surface area contributed by atoms with Crippen LogP contribution in [0.3, 0.4) is 0 Å². The van der Waals surface area contributed by atoms with Crippen LogP contribution < -0.4 is 9.47 Å². The van der Waals surface area contributed by atoms with E-state index in [-0.39, 0.29) is 49.0 Å². The minimum atomic E-state index is -2.08. The average Bonchev–Trinajstić information content (AvgIpc) is 3.72. The zero-order valence-electron chi connectivity index (χ0n) is 30.7. The predicted molar refractivity (Wildman–Crippen MR) is 196 cm³/mol. The molecule has 4 atom stereocenters. The van der Waals surface area contributed by atoms with Crippen molar-refractivity contribution in [2.75, 3.05) is 19.8 Å². The minimum absolute atomic E-state index is 0.0143. The monoisotopic (exact) mass is 742 g/mol. The summed E-state index contributed by atoms with van der Waals surface area (Å²) in [5, 5.41) is 0.0289. The van der Waals surface area contributed by atoms with Gasteiger partial charge in [-0.25, -0.2) is 18.2 Å². The number of benzene rings is 2. The molecule has 2 aliphatic rings. The van der Waals surface area contributed by atoms with Crippen molar-refractivity contribution in [3.63, 3.8) is 0 Å². The summed E-state index contributed by atoms with van der Waals surface area (Å²) in [4.78, 5) is 4.43. The molecule has 2 aliphatic heterocycles. The fraction of sp³-hybridized carbons (Fsp3) is 0.500. The summed E-state index contributed by atoms with van der Waals surface area (Å²) in [6.07, 6.45) is -1.35. The van der Waals surface area contributed by atoms with Gasteiger partial charge in [0.05, 0.1) is 35.9 Å². The number of ether oxygens (including phenoxy) is 5. The van der Waals surface area contributed by atoms with Crippen LogP contribution in [0, 0.1) is 17.5 Å². The van der Waals surface area contributed by atoms with Crippen molar-refractivity contribution < 1.29 is 41.3 Å². The number of fused-ring (bicyclic) bond motifs is 2. The number of pyridine rings is 1.